The summed E-state index contributed by atoms with van der Waals surface area (Å²) < 4.78 is 0. The zero-order valence-corrected chi connectivity index (χ0v) is 9.94. The molecule has 94 valence electrons. The van der Waals surface area contributed by atoms with Gasteiger partial charge in [-0.25, -0.2) is 0 Å². The molecule has 0 aliphatic heterocycles. The van der Waals surface area contributed by atoms with E-state index in [2.05, 4.69) is 5.32 Å². The second kappa shape index (κ2) is 8.06. The first-order valence-corrected chi connectivity index (χ1v) is 6.48. The Bertz CT molecular complexity index is 166. The van der Waals surface area contributed by atoms with Crippen LogP contribution in [0.1, 0.15) is 57.8 Å². The van der Waals surface area contributed by atoms with Gasteiger partial charge in [0.1, 0.15) is 0 Å². The average Bonchev–Trinajstić information content (AvgIpc) is 2.71. The van der Waals surface area contributed by atoms with E-state index in [9.17, 15) is 0 Å². The molecule has 2 saturated carbocycles. The standard InChI is InChI=1S/C11H21N.BH3O3/c1-2-6-10(7-3-1)12-11-8-4-5-9-11;2-1(3)4/h10-12H,1-9H2;2-4H. The lowest BCUT2D eigenvalue weighted by Gasteiger charge is -2.26. The molecule has 0 spiro atoms. The normalized spacial score (nSPS) is 22.7. The Morgan fingerprint density at radius 3 is 1.38 bits per heavy atom. The number of hydrogen-bond donors (Lipinski definition) is 4. The Balaban J connectivity index is 0.000000280. The predicted molar refractivity (Wildman–Crippen MR) is 64.7 cm³/mol. The van der Waals surface area contributed by atoms with Gasteiger partial charge in [-0.05, 0) is 25.7 Å². The Morgan fingerprint density at radius 1 is 0.688 bits per heavy atom. The lowest BCUT2D eigenvalue weighted by Crippen LogP contribution is -2.37. The summed E-state index contributed by atoms with van der Waals surface area (Å²) in [6.45, 7) is 0. The van der Waals surface area contributed by atoms with E-state index in [1.165, 1.54) is 57.8 Å². The van der Waals surface area contributed by atoms with Crippen molar-refractivity contribution >= 4 is 7.32 Å². The van der Waals surface area contributed by atoms with Crippen molar-refractivity contribution in [1.29, 1.82) is 0 Å². The molecule has 2 aliphatic carbocycles. The van der Waals surface area contributed by atoms with Crippen LogP contribution in [0, 0.1) is 0 Å². The van der Waals surface area contributed by atoms with Gasteiger partial charge in [0.15, 0.2) is 0 Å². The van der Waals surface area contributed by atoms with Crippen LogP contribution in [0.4, 0.5) is 0 Å². The van der Waals surface area contributed by atoms with Crippen LogP contribution < -0.4 is 5.32 Å². The summed E-state index contributed by atoms with van der Waals surface area (Å²) in [5, 5.41) is 25.3. The monoisotopic (exact) mass is 229 g/mol. The van der Waals surface area contributed by atoms with Crippen LogP contribution >= 0.6 is 0 Å². The van der Waals surface area contributed by atoms with Gasteiger partial charge in [0.2, 0.25) is 0 Å². The molecule has 0 radical (unpaired) electrons. The van der Waals surface area contributed by atoms with Gasteiger partial charge in [0.25, 0.3) is 0 Å². The molecule has 0 aromatic heterocycles. The van der Waals surface area contributed by atoms with Crippen LogP contribution in [0.25, 0.3) is 0 Å². The van der Waals surface area contributed by atoms with E-state index in [0.29, 0.717) is 0 Å². The molecule has 2 aliphatic rings. The first-order valence-electron chi connectivity index (χ1n) is 6.48. The Kier molecular flexibility index (Phi) is 7.04. The van der Waals surface area contributed by atoms with Gasteiger partial charge in [-0.15, -0.1) is 0 Å². The molecule has 0 bridgehead atoms. The smallest absolute Gasteiger partial charge is 0.402 e. The van der Waals surface area contributed by atoms with Gasteiger partial charge in [-0.2, -0.15) is 0 Å². The highest BCUT2D eigenvalue weighted by Gasteiger charge is 2.20. The molecule has 5 heteroatoms. The molecule has 2 rings (SSSR count). The molecule has 0 aromatic carbocycles. The molecule has 16 heavy (non-hydrogen) atoms. The summed E-state index contributed by atoms with van der Waals surface area (Å²) in [4.78, 5) is 0. The molecule has 0 saturated heterocycles. The van der Waals surface area contributed by atoms with Crippen LogP contribution in [0.15, 0.2) is 0 Å². The van der Waals surface area contributed by atoms with Gasteiger partial charge < -0.3 is 20.4 Å². The minimum Gasteiger partial charge on any atom is -0.402 e. The average molecular weight is 229 g/mol. The van der Waals surface area contributed by atoms with E-state index in [4.69, 9.17) is 15.1 Å². The van der Waals surface area contributed by atoms with Crippen LogP contribution in [0.3, 0.4) is 0 Å². The lowest BCUT2D eigenvalue weighted by molar-refractivity contribution is 0.278. The van der Waals surface area contributed by atoms with Crippen molar-refractivity contribution in [3.8, 4) is 0 Å². The van der Waals surface area contributed by atoms with E-state index in [0.717, 1.165) is 12.1 Å². The van der Waals surface area contributed by atoms with Gasteiger partial charge in [-0.1, -0.05) is 32.1 Å². The van der Waals surface area contributed by atoms with Crippen molar-refractivity contribution in [3.05, 3.63) is 0 Å². The predicted octanol–water partition coefficient (Wildman–Crippen LogP) is 0.799. The highest BCUT2D eigenvalue weighted by atomic mass is 16.5. The van der Waals surface area contributed by atoms with Crippen molar-refractivity contribution in [2.75, 3.05) is 0 Å². The third-order valence-electron chi connectivity index (χ3n) is 3.43. The van der Waals surface area contributed by atoms with Gasteiger partial charge >= 0.3 is 7.32 Å². The highest BCUT2D eigenvalue weighted by Crippen LogP contribution is 2.22. The Hall–Kier alpha value is -0.0951. The van der Waals surface area contributed by atoms with Crippen LogP contribution in [-0.4, -0.2) is 34.5 Å². The Morgan fingerprint density at radius 2 is 1.00 bits per heavy atom. The van der Waals surface area contributed by atoms with Crippen molar-refractivity contribution in [1.82, 2.24) is 5.32 Å². The maximum Gasteiger partial charge on any atom is 0.631 e. The highest BCUT2D eigenvalue weighted by molar-refractivity contribution is 6.30. The van der Waals surface area contributed by atoms with E-state index >= 15 is 0 Å². The fourth-order valence-corrected chi connectivity index (χ4v) is 2.70. The largest absolute Gasteiger partial charge is 0.631 e. The fourth-order valence-electron chi connectivity index (χ4n) is 2.70. The molecule has 4 nitrogen and oxygen atoms in total. The van der Waals surface area contributed by atoms with E-state index in [1.54, 1.807) is 0 Å². The first kappa shape index (κ1) is 14.0. The number of nitrogens with one attached hydrogen (secondary N) is 1. The maximum absolute atomic E-state index is 7.17. The van der Waals surface area contributed by atoms with E-state index in [1.807, 2.05) is 0 Å². The van der Waals surface area contributed by atoms with Crippen molar-refractivity contribution in [2.24, 2.45) is 0 Å². The molecule has 0 heterocycles. The lowest BCUT2D eigenvalue weighted by atomic mass is 9.95. The summed E-state index contributed by atoms with van der Waals surface area (Å²) in [5.74, 6) is 0. The summed E-state index contributed by atoms with van der Waals surface area (Å²) >= 11 is 0. The van der Waals surface area contributed by atoms with E-state index < -0.39 is 7.32 Å². The minimum atomic E-state index is -2.17. The van der Waals surface area contributed by atoms with Crippen molar-refractivity contribution < 1.29 is 15.1 Å². The van der Waals surface area contributed by atoms with Crippen molar-refractivity contribution in [3.63, 3.8) is 0 Å². The van der Waals surface area contributed by atoms with Crippen LogP contribution in [0.2, 0.25) is 0 Å². The third kappa shape index (κ3) is 6.48. The molecule has 2 fully saturated rings. The molecular weight excluding hydrogens is 205 g/mol. The topological polar surface area (TPSA) is 72.7 Å². The number of hydrogen-bond acceptors (Lipinski definition) is 4. The first-order chi connectivity index (χ1) is 7.68. The SMILES string of the molecule is C1CCC(NC2CCCC2)CC1.OB(O)O. The second-order valence-corrected chi connectivity index (χ2v) is 4.83. The van der Waals surface area contributed by atoms with Crippen molar-refractivity contribution in [2.45, 2.75) is 69.9 Å². The van der Waals surface area contributed by atoms with Gasteiger partial charge in [0.05, 0.1) is 0 Å². The summed E-state index contributed by atoms with van der Waals surface area (Å²) in [5.41, 5.74) is 0. The maximum atomic E-state index is 7.17. The summed E-state index contributed by atoms with van der Waals surface area (Å²) in [6.07, 6.45) is 13.1. The van der Waals surface area contributed by atoms with Gasteiger partial charge in [-0.3, -0.25) is 0 Å². The molecule has 0 atom stereocenters. The number of rotatable bonds is 2. The molecule has 0 amide bonds. The third-order valence-corrected chi connectivity index (χ3v) is 3.43. The molecule has 0 aromatic rings. The quantitative estimate of drug-likeness (QED) is 0.528. The second-order valence-electron chi connectivity index (χ2n) is 4.83. The van der Waals surface area contributed by atoms with Crippen LogP contribution in [0.5, 0.6) is 0 Å². The Labute approximate surface area is 98.2 Å². The zero-order chi connectivity index (χ0) is 11.8. The summed E-state index contributed by atoms with van der Waals surface area (Å²) in [6, 6.07) is 1.76. The molecular formula is C11H24BNO3. The zero-order valence-electron chi connectivity index (χ0n) is 9.94. The minimum absolute atomic E-state index is 0.877. The molecule has 0 unspecified atom stereocenters. The van der Waals surface area contributed by atoms with E-state index in [-0.39, 0.29) is 0 Å². The van der Waals surface area contributed by atoms with Gasteiger partial charge in [0, 0.05) is 12.1 Å². The molecule has 4 N–H and O–H groups in total. The van der Waals surface area contributed by atoms with Crippen LogP contribution in [-0.2, 0) is 0 Å². The summed E-state index contributed by atoms with van der Waals surface area (Å²) in [7, 11) is -2.17. The fraction of sp³-hybridized carbons (Fsp3) is 1.00.